The zero-order chi connectivity index (χ0) is 24.4. The SMILES string of the molecule is C/C(=[13CH]\C(C)[13C](=O)C[13CH](O)C[13CH]1C[13C](=O)N[13C](=O)C1)[13CH]1O[13C](=O)/C=[13CH]/C[13CH2]/C=[13CH]/C=[13CH]\C1C. The molecule has 2 aliphatic heterocycles. The Balaban J connectivity index is 2.01. The zero-order valence-corrected chi connectivity index (χ0v) is 19.7. The summed E-state index contributed by atoms with van der Waals surface area (Å²) in [5.74, 6) is -2.10. The van der Waals surface area contributed by atoms with E-state index < -0.39 is 24.1 Å². The van der Waals surface area contributed by atoms with Crippen LogP contribution in [0.4, 0.5) is 0 Å². The molecule has 2 rings (SSSR count). The molecule has 0 radical (unpaired) electrons. The minimum atomic E-state index is -0.921. The van der Waals surface area contributed by atoms with E-state index in [0.717, 1.165) is 18.4 Å². The fourth-order valence-corrected chi connectivity index (χ4v) is 4.16. The first-order valence-corrected chi connectivity index (χ1v) is 11.6. The summed E-state index contributed by atoms with van der Waals surface area (Å²) < 4.78 is 5.68. The van der Waals surface area contributed by atoms with Crippen molar-refractivity contribution in [1.29, 1.82) is 0 Å². The zero-order valence-electron chi connectivity index (χ0n) is 19.7. The number of cyclic esters (lactones) is 1. The lowest BCUT2D eigenvalue weighted by molar-refractivity contribution is -0.142. The average Bonchev–Trinajstić information content (AvgIpc) is 2.71. The molecule has 33 heavy (non-hydrogen) atoms. The third-order valence-corrected chi connectivity index (χ3v) is 5.88. The van der Waals surface area contributed by atoms with Crippen molar-refractivity contribution in [2.75, 3.05) is 0 Å². The van der Waals surface area contributed by atoms with E-state index in [9.17, 15) is 24.3 Å². The second-order valence-electron chi connectivity index (χ2n) is 9.01. The molecule has 0 spiro atoms. The highest BCUT2D eigenvalue weighted by Gasteiger charge is 2.28. The van der Waals surface area contributed by atoms with E-state index in [4.69, 9.17) is 4.74 Å². The predicted octanol–water partition coefficient (Wildman–Crippen LogP) is 3.34. The van der Waals surface area contributed by atoms with Gasteiger partial charge in [0.1, 0.15) is 11.9 Å². The number of carbonyl (C=O) groups excluding carboxylic acids is 4. The topological polar surface area (TPSA) is 110 Å². The molecule has 7 heteroatoms. The Labute approximate surface area is 195 Å². The maximum atomic E-state index is 12.7. The molecule has 2 amide bonds. The maximum absolute atomic E-state index is 12.7. The van der Waals surface area contributed by atoms with Crippen LogP contribution in [-0.2, 0) is 23.9 Å². The summed E-state index contributed by atoms with van der Waals surface area (Å²) in [7, 11) is 0. The van der Waals surface area contributed by atoms with Gasteiger partial charge in [0, 0.05) is 37.2 Å². The Morgan fingerprint density at radius 3 is 2.55 bits per heavy atom. The van der Waals surface area contributed by atoms with Crippen LogP contribution in [0.25, 0.3) is 0 Å². The van der Waals surface area contributed by atoms with Crippen molar-refractivity contribution < 1.29 is 29.0 Å². The van der Waals surface area contributed by atoms with Crippen molar-refractivity contribution in [3.63, 3.8) is 0 Å². The van der Waals surface area contributed by atoms with Gasteiger partial charge >= 0.3 is 5.97 Å². The van der Waals surface area contributed by atoms with Crippen LogP contribution < -0.4 is 5.32 Å². The number of hydrogen-bond acceptors (Lipinski definition) is 6. The Morgan fingerprint density at radius 1 is 1.18 bits per heavy atom. The number of amides is 2. The predicted molar refractivity (Wildman–Crippen MR) is 125 cm³/mol. The van der Waals surface area contributed by atoms with Crippen molar-refractivity contribution >= 4 is 23.6 Å². The number of Topliss-reactive ketones (excluding diaryl/α,β-unsaturated/α-hetero) is 1. The lowest BCUT2D eigenvalue weighted by atomic mass is 10.2. The summed E-state index contributed by atoms with van der Waals surface area (Å²) in [5.41, 5.74) is 0.764. The van der Waals surface area contributed by atoms with Crippen molar-refractivity contribution in [2.45, 2.75) is 71.5 Å². The lowest BCUT2D eigenvalue weighted by Gasteiger charge is -2.24. The van der Waals surface area contributed by atoms with Crippen LogP contribution in [0, 0.1) is 17.8 Å². The van der Waals surface area contributed by atoms with Gasteiger partial charge in [-0.1, -0.05) is 50.3 Å². The van der Waals surface area contributed by atoms with Crippen LogP contribution in [0.5, 0.6) is 0 Å². The molecule has 0 saturated carbocycles. The largest absolute Gasteiger partial charge is 0.454 e. The fraction of sp³-hybridized carbons (Fsp3) is 0.538. The van der Waals surface area contributed by atoms with Crippen LogP contribution in [-0.4, -0.2) is 40.9 Å². The monoisotopic (exact) mass is 469 g/mol. The van der Waals surface area contributed by atoms with Gasteiger partial charge < -0.3 is 9.84 Å². The van der Waals surface area contributed by atoms with Gasteiger partial charge in [-0.05, 0) is 37.7 Å². The van der Waals surface area contributed by atoms with E-state index >= 15 is 0 Å². The third kappa shape index (κ3) is 9.30. The average molecular weight is 469 g/mol. The van der Waals surface area contributed by atoms with E-state index in [1.807, 2.05) is 38.2 Å². The lowest BCUT2D eigenvalue weighted by Crippen LogP contribution is -2.39. The molecule has 2 N–H and O–H groups in total. The molecule has 2 heterocycles. The standard InChI is InChI=1S/C26H35NO6/c1-17-10-8-6-4-5-7-9-11-25(32)33-26(17)19(3)12-18(2)22(29)16-21(28)13-20-14-23(30)27-24(31)15-20/h4,6,8-12,17-18,20-21,26,28H,5,7,13-16H2,1-3H3,(H,27,30,31)/b6-4+,10-8-,11-9+,19-12+/i5+1,6+1,9+1,10+1,12+1,20+1,21+1,22+1,23+1,24+1,25+1,26+1. The normalized spacial score (nSPS) is 27.9. The Bertz CT molecular complexity index is 837. The Kier molecular flexibility index (Phi) is 10.5. The summed E-state index contributed by atoms with van der Waals surface area (Å²) in [6, 6.07) is 0. The molecule has 4 unspecified atom stereocenters. The number of esters is 1. The Hall–Kier alpha value is -2.80. The van der Waals surface area contributed by atoms with E-state index in [2.05, 4.69) is 5.32 Å². The quantitative estimate of drug-likeness (QED) is 0.256. The molecule has 1 saturated heterocycles. The van der Waals surface area contributed by atoms with Gasteiger partial charge in [0.15, 0.2) is 0 Å². The maximum Gasteiger partial charge on any atom is 0.331 e. The molecule has 2 aliphatic rings. The number of carbonyl (C=O) groups is 4. The molecule has 0 aromatic heterocycles. The van der Waals surface area contributed by atoms with Crippen LogP contribution in [0.2, 0.25) is 0 Å². The first-order chi connectivity index (χ1) is 15.7. The molecule has 0 aromatic rings. The molecule has 180 valence electrons. The molecule has 1 fully saturated rings. The van der Waals surface area contributed by atoms with E-state index in [1.54, 1.807) is 19.1 Å². The van der Waals surface area contributed by atoms with Crippen LogP contribution in [0.3, 0.4) is 0 Å². The highest BCUT2D eigenvalue weighted by Crippen LogP contribution is 2.24. The smallest absolute Gasteiger partial charge is 0.331 e. The highest BCUT2D eigenvalue weighted by atomic mass is 16.7. The number of ether oxygens (including phenoxy) is 1. The molecular weight excluding hydrogens is 434 g/mol. The molecule has 7 nitrogen and oxygen atoms in total. The minimum Gasteiger partial charge on any atom is -0.454 e. The Morgan fingerprint density at radius 2 is 1.85 bits per heavy atom. The third-order valence-electron chi connectivity index (χ3n) is 5.88. The number of piperidine rings is 1. The van der Waals surface area contributed by atoms with Crippen LogP contribution in [0.1, 0.15) is 59.3 Å². The van der Waals surface area contributed by atoms with Gasteiger partial charge in [0.05, 0.1) is 6.10 Å². The number of nitrogens with one attached hydrogen (secondary N) is 1. The van der Waals surface area contributed by atoms with E-state index in [1.165, 1.54) is 6.08 Å². The minimum absolute atomic E-state index is 0.0648. The van der Waals surface area contributed by atoms with Crippen molar-refractivity contribution in [2.24, 2.45) is 17.8 Å². The number of aliphatic hydroxyl groups is 1. The second-order valence-corrected chi connectivity index (χ2v) is 9.01. The van der Waals surface area contributed by atoms with Crippen molar-refractivity contribution in [3.05, 3.63) is 48.1 Å². The van der Waals surface area contributed by atoms with E-state index in [0.29, 0.717) is 0 Å². The molecule has 0 aromatic carbocycles. The number of aliphatic hydroxyl groups excluding tert-OH is 1. The second kappa shape index (κ2) is 13.0. The number of hydrogen-bond donors (Lipinski definition) is 2. The molecule has 0 bridgehead atoms. The van der Waals surface area contributed by atoms with Gasteiger partial charge in [-0.3, -0.25) is 19.7 Å². The van der Waals surface area contributed by atoms with Crippen LogP contribution >= 0.6 is 0 Å². The van der Waals surface area contributed by atoms with Gasteiger partial charge in [0.2, 0.25) is 11.8 Å². The highest BCUT2D eigenvalue weighted by molar-refractivity contribution is 5.97. The summed E-state index contributed by atoms with van der Waals surface area (Å²) in [4.78, 5) is 47.9. The van der Waals surface area contributed by atoms with Gasteiger partial charge in [-0.15, -0.1) is 0 Å². The van der Waals surface area contributed by atoms with Crippen molar-refractivity contribution in [3.8, 4) is 0 Å². The summed E-state index contributed by atoms with van der Waals surface area (Å²) in [5, 5.41) is 12.6. The fourth-order valence-electron chi connectivity index (χ4n) is 4.16. The first kappa shape index (κ1) is 26.5. The van der Waals surface area contributed by atoms with Crippen molar-refractivity contribution in [1.82, 2.24) is 5.32 Å². The van der Waals surface area contributed by atoms with Crippen LogP contribution in [0.15, 0.2) is 48.1 Å². The van der Waals surface area contributed by atoms with E-state index in [-0.39, 0.29) is 55.1 Å². The summed E-state index contributed by atoms with van der Waals surface area (Å²) in [6.07, 6.45) is 13.6. The number of rotatable bonds is 7. The van der Waals surface area contributed by atoms with Gasteiger partial charge in [-0.25, -0.2) is 4.79 Å². The molecule has 4 atom stereocenters. The molecular formula is C26H35NO6. The molecule has 0 aliphatic carbocycles. The summed E-state index contributed by atoms with van der Waals surface area (Å²) >= 11 is 0. The van der Waals surface area contributed by atoms with Gasteiger partial charge in [0.25, 0.3) is 0 Å². The number of imide groups is 1. The number of allylic oxidation sites excluding steroid dienone is 5. The first-order valence-electron chi connectivity index (χ1n) is 11.6. The van der Waals surface area contributed by atoms with Gasteiger partial charge in [-0.2, -0.15) is 0 Å². The summed E-state index contributed by atoms with van der Waals surface area (Å²) in [6.45, 7) is 5.53. The number of ketones is 1.